The molecule has 41 heavy (non-hydrogen) atoms. The minimum atomic E-state index is -2.61. The van der Waals surface area contributed by atoms with Gasteiger partial charge in [-0.05, 0) is 74.4 Å². The van der Waals surface area contributed by atoms with Crippen molar-refractivity contribution in [2.24, 2.45) is 17.6 Å². The number of nitrogens with two attached hydrogens (primary N) is 1. The Morgan fingerprint density at radius 2 is 1.68 bits per heavy atom. The summed E-state index contributed by atoms with van der Waals surface area (Å²) in [5.41, 5.74) is 3.30. The molecular weight excluding hydrogens is 532 g/mol. The summed E-state index contributed by atoms with van der Waals surface area (Å²) < 4.78 is 5.27. The number of nitrogens with one attached hydrogen (secondary N) is 1. The molecular formula is C30H30N2O9. The SMILES string of the molecule is CC(C)(C)OC(=O)Nc1ccc(-c2ccc(O)c3c2C[C@H]2C[C@H]4CC(=O)C(C(N)=O)=C(O)[C@@]4(O)C(=O)C2=C3O)cc1. The normalized spacial score (nSPS) is 23.9. The van der Waals surface area contributed by atoms with E-state index in [0.29, 0.717) is 22.4 Å². The summed E-state index contributed by atoms with van der Waals surface area (Å²) in [5, 5.41) is 46.7. The highest BCUT2D eigenvalue weighted by Crippen LogP contribution is 2.53. The molecule has 3 atom stereocenters. The average molecular weight is 563 g/mol. The lowest BCUT2D eigenvalue weighted by atomic mass is 9.59. The van der Waals surface area contributed by atoms with E-state index in [-0.39, 0.29) is 36.1 Å². The smallest absolute Gasteiger partial charge is 0.412 e. The zero-order valence-electron chi connectivity index (χ0n) is 22.6. The van der Waals surface area contributed by atoms with E-state index < -0.39 is 63.7 Å². The molecule has 0 bridgehead atoms. The Morgan fingerprint density at radius 3 is 2.29 bits per heavy atom. The zero-order valence-corrected chi connectivity index (χ0v) is 22.6. The molecule has 0 unspecified atom stereocenters. The van der Waals surface area contributed by atoms with Crippen molar-refractivity contribution in [2.45, 2.75) is 51.2 Å². The molecule has 0 aromatic heterocycles. The van der Waals surface area contributed by atoms with Crippen molar-refractivity contribution < 1.29 is 44.3 Å². The highest BCUT2D eigenvalue weighted by Gasteiger charge is 2.60. The molecule has 3 aliphatic carbocycles. The standard InChI is InChI=1S/C30H30N2O9/c1-29(2,3)41-28(39)32-16-6-4-13(5-7-16)17-8-9-19(33)22-18(17)11-14-10-15-12-20(34)23(27(31)38)26(37)30(15,40)25(36)21(14)24(22)35/h4-9,14-15,33,35,37,40H,10-12H2,1-3H3,(H2,31,38)(H,32,39)/t14-,15+,30+/m1/s1. The number of carbonyl (C=O) groups excluding carboxylic acids is 4. The Bertz CT molecular complexity index is 1580. The van der Waals surface area contributed by atoms with Gasteiger partial charge in [-0.2, -0.15) is 0 Å². The fourth-order valence-corrected chi connectivity index (χ4v) is 6.05. The van der Waals surface area contributed by atoms with Crippen LogP contribution in [0.3, 0.4) is 0 Å². The van der Waals surface area contributed by atoms with Crippen molar-refractivity contribution in [2.75, 3.05) is 5.32 Å². The van der Waals surface area contributed by atoms with Gasteiger partial charge in [-0.15, -0.1) is 0 Å². The van der Waals surface area contributed by atoms with E-state index in [4.69, 9.17) is 10.5 Å². The van der Waals surface area contributed by atoms with Crippen molar-refractivity contribution in [3.05, 3.63) is 64.4 Å². The zero-order chi connectivity index (χ0) is 30.0. The Labute approximate surface area is 234 Å². The van der Waals surface area contributed by atoms with Crippen LogP contribution in [0.4, 0.5) is 10.5 Å². The first-order valence-electron chi connectivity index (χ1n) is 13.1. The maximum atomic E-state index is 13.6. The Balaban J connectivity index is 1.54. The van der Waals surface area contributed by atoms with E-state index in [9.17, 15) is 39.6 Å². The van der Waals surface area contributed by atoms with Gasteiger partial charge in [-0.3, -0.25) is 19.7 Å². The molecule has 11 nitrogen and oxygen atoms in total. The third-order valence-electron chi connectivity index (χ3n) is 7.79. The number of Topliss-reactive ketones (excluding diaryl/α,β-unsaturated/α-hetero) is 2. The fourth-order valence-electron chi connectivity index (χ4n) is 6.05. The number of ether oxygens (including phenoxy) is 1. The summed E-state index contributed by atoms with van der Waals surface area (Å²) in [5.74, 6) is -6.75. The number of carbonyl (C=O) groups is 4. The summed E-state index contributed by atoms with van der Waals surface area (Å²) >= 11 is 0. The van der Waals surface area contributed by atoms with Gasteiger partial charge in [0.15, 0.2) is 11.4 Å². The first-order valence-corrected chi connectivity index (χ1v) is 13.1. The van der Waals surface area contributed by atoms with Gasteiger partial charge in [0.05, 0.1) is 5.56 Å². The number of primary amides is 1. The second kappa shape index (κ2) is 9.48. The highest BCUT2D eigenvalue weighted by molar-refractivity contribution is 6.22. The van der Waals surface area contributed by atoms with Crippen molar-refractivity contribution in [3.63, 3.8) is 0 Å². The van der Waals surface area contributed by atoms with Gasteiger partial charge < -0.3 is 30.9 Å². The molecule has 0 radical (unpaired) electrons. The van der Waals surface area contributed by atoms with Crippen LogP contribution in [-0.2, 0) is 25.5 Å². The van der Waals surface area contributed by atoms with Crippen molar-refractivity contribution in [1.29, 1.82) is 0 Å². The van der Waals surface area contributed by atoms with E-state index in [1.807, 2.05) is 0 Å². The van der Waals surface area contributed by atoms with Crippen LogP contribution >= 0.6 is 0 Å². The van der Waals surface area contributed by atoms with Crippen LogP contribution < -0.4 is 11.1 Å². The van der Waals surface area contributed by atoms with Crippen molar-refractivity contribution >= 4 is 35.0 Å². The Kier molecular flexibility index (Phi) is 6.45. The number of benzene rings is 2. The van der Waals surface area contributed by atoms with Gasteiger partial charge in [-0.1, -0.05) is 18.2 Å². The number of hydrogen-bond donors (Lipinski definition) is 6. The lowest BCUT2D eigenvalue weighted by molar-refractivity contribution is -0.147. The minimum absolute atomic E-state index is 0.00517. The number of anilines is 1. The first-order chi connectivity index (χ1) is 19.1. The topological polar surface area (TPSA) is 196 Å². The number of aliphatic hydroxyl groups is 3. The lowest BCUT2D eigenvalue weighted by Gasteiger charge is -2.46. The van der Waals surface area contributed by atoms with Crippen LogP contribution in [0.2, 0.25) is 0 Å². The van der Waals surface area contributed by atoms with Crippen LogP contribution in [0.25, 0.3) is 16.9 Å². The molecule has 0 spiro atoms. The van der Waals surface area contributed by atoms with Gasteiger partial charge in [0, 0.05) is 23.6 Å². The molecule has 1 saturated carbocycles. The molecule has 0 heterocycles. The number of fused-ring (bicyclic) bond motifs is 3. The number of ketones is 2. The largest absolute Gasteiger partial charge is 0.508 e. The third kappa shape index (κ3) is 4.51. The molecule has 0 saturated heterocycles. The third-order valence-corrected chi connectivity index (χ3v) is 7.79. The van der Waals surface area contributed by atoms with E-state index in [2.05, 4.69) is 5.32 Å². The molecule has 1 fully saturated rings. The second-order valence-electron chi connectivity index (χ2n) is 11.6. The van der Waals surface area contributed by atoms with Crippen LogP contribution in [0.15, 0.2) is 53.3 Å². The predicted octanol–water partition coefficient (Wildman–Crippen LogP) is 3.44. The second-order valence-corrected chi connectivity index (χ2v) is 11.6. The predicted molar refractivity (Wildman–Crippen MR) is 147 cm³/mol. The average Bonchev–Trinajstić information content (AvgIpc) is 2.85. The monoisotopic (exact) mass is 562 g/mol. The van der Waals surface area contributed by atoms with Crippen LogP contribution in [0.5, 0.6) is 5.75 Å². The molecule has 11 heteroatoms. The molecule has 3 aliphatic rings. The number of phenolic OH excluding ortho intramolecular Hbond substituents is 1. The van der Waals surface area contributed by atoms with Gasteiger partial charge in [0.25, 0.3) is 5.91 Å². The number of rotatable bonds is 3. The number of aliphatic hydroxyl groups excluding tert-OH is 2. The summed E-state index contributed by atoms with van der Waals surface area (Å²) in [4.78, 5) is 50.1. The van der Waals surface area contributed by atoms with Crippen molar-refractivity contribution in [3.8, 4) is 16.9 Å². The number of hydrogen-bond acceptors (Lipinski definition) is 9. The van der Waals surface area contributed by atoms with Crippen LogP contribution in [-0.4, -0.2) is 55.2 Å². The summed E-state index contributed by atoms with van der Waals surface area (Å²) in [6, 6.07) is 9.87. The van der Waals surface area contributed by atoms with E-state index in [1.165, 1.54) is 6.07 Å². The molecule has 214 valence electrons. The lowest BCUT2D eigenvalue weighted by Crippen LogP contribution is -2.58. The van der Waals surface area contributed by atoms with Crippen molar-refractivity contribution in [1.82, 2.24) is 0 Å². The van der Waals surface area contributed by atoms with Crippen LogP contribution in [0.1, 0.15) is 44.7 Å². The number of amides is 2. The molecule has 0 aliphatic heterocycles. The fraction of sp³-hybridized carbons (Fsp3) is 0.333. The molecule has 2 aromatic rings. The minimum Gasteiger partial charge on any atom is -0.508 e. The molecule has 2 amide bonds. The maximum absolute atomic E-state index is 13.6. The number of aromatic hydroxyl groups is 1. The van der Waals surface area contributed by atoms with Gasteiger partial charge in [-0.25, -0.2) is 4.79 Å². The molecule has 7 N–H and O–H groups in total. The first kappa shape index (κ1) is 27.9. The van der Waals surface area contributed by atoms with Gasteiger partial charge in [0.2, 0.25) is 5.78 Å². The number of phenols is 1. The van der Waals surface area contributed by atoms with Gasteiger partial charge >= 0.3 is 6.09 Å². The summed E-state index contributed by atoms with van der Waals surface area (Å²) in [7, 11) is 0. The maximum Gasteiger partial charge on any atom is 0.412 e. The van der Waals surface area contributed by atoms with Crippen LogP contribution in [0, 0.1) is 11.8 Å². The molecule has 2 aromatic carbocycles. The molecule has 5 rings (SSSR count). The van der Waals surface area contributed by atoms with E-state index in [1.54, 1.807) is 51.1 Å². The van der Waals surface area contributed by atoms with E-state index in [0.717, 1.165) is 0 Å². The highest BCUT2D eigenvalue weighted by atomic mass is 16.6. The van der Waals surface area contributed by atoms with Gasteiger partial charge in [0.1, 0.15) is 28.4 Å². The summed E-state index contributed by atoms with van der Waals surface area (Å²) in [6.45, 7) is 5.26. The van der Waals surface area contributed by atoms with E-state index >= 15 is 0 Å². The summed E-state index contributed by atoms with van der Waals surface area (Å²) in [6.07, 6.45) is -0.782. The Morgan fingerprint density at radius 1 is 1.02 bits per heavy atom. The Hall–Kier alpha value is -4.64. The quantitative estimate of drug-likeness (QED) is 0.304.